The summed E-state index contributed by atoms with van der Waals surface area (Å²) < 4.78 is 1.60. The largest absolute Gasteiger partial charge is 0.322 e. The Morgan fingerprint density at radius 1 is 1.28 bits per heavy atom. The zero-order chi connectivity index (χ0) is 17.8. The number of rotatable bonds is 5. The minimum Gasteiger partial charge on any atom is -0.322 e. The molecule has 0 aliphatic heterocycles. The Labute approximate surface area is 153 Å². The second-order valence-electron chi connectivity index (χ2n) is 5.30. The zero-order valence-electron chi connectivity index (χ0n) is 13.5. The smallest absolute Gasteiger partial charge is 0.237 e. The molecular weight excluding hydrogens is 360 g/mol. The van der Waals surface area contributed by atoms with Crippen LogP contribution in [0.4, 0.5) is 5.69 Å². The number of hydrogen-bond donors (Lipinski definition) is 1. The van der Waals surface area contributed by atoms with Gasteiger partial charge in [-0.25, -0.2) is 4.98 Å². The predicted molar refractivity (Wildman–Crippen MR) is 97.1 cm³/mol. The van der Waals surface area contributed by atoms with Crippen LogP contribution in [0.2, 0.25) is 5.15 Å². The number of aromatic nitrogens is 5. The van der Waals surface area contributed by atoms with Gasteiger partial charge in [0.1, 0.15) is 0 Å². The van der Waals surface area contributed by atoms with Crippen molar-refractivity contribution in [3.8, 4) is 5.69 Å². The van der Waals surface area contributed by atoms with Gasteiger partial charge in [0.05, 0.1) is 16.6 Å². The van der Waals surface area contributed by atoms with E-state index < -0.39 is 5.25 Å². The van der Waals surface area contributed by atoms with E-state index in [1.807, 2.05) is 31.2 Å². The molecule has 0 aliphatic rings. The van der Waals surface area contributed by atoms with Crippen LogP contribution in [0.15, 0.2) is 47.8 Å². The maximum absolute atomic E-state index is 12.4. The van der Waals surface area contributed by atoms with E-state index in [-0.39, 0.29) is 11.1 Å². The van der Waals surface area contributed by atoms with E-state index in [1.54, 1.807) is 29.9 Å². The van der Waals surface area contributed by atoms with Crippen molar-refractivity contribution in [3.05, 3.63) is 53.3 Å². The number of nitrogens with one attached hydrogen (secondary N) is 1. The molecule has 0 spiro atoms. The van der Waals surface area contributed by atoms with E-state index in [1.165, 1.54) is 11.8 Å². The van der Waals surface area contributed by atoms with E-state index in [2.05, 4.69) is 25.8 Å². The minimum absolute atomic E-state index is 0.210. The molecule has 25 heavy (non-hydrogen) atoms. The standard InChI is InChI=1S/C16H15ClN6OS/c1-10-5-7-12(8-6-10)23-16(20-21-22-23)25-11(2)15(24)19-13-4-3-9-18-14(13)17/h3-9,11H,1-2H3,(H,19,24)/t11-/m1/s1. The molecular formula is C16H15ClN6OS. The monoisotopic (exact) mass is 374 g/mol. The third-order valence-corrected chi connectivity index (χ3v) is 4.72. The summed E-state index contributed by atoms with van der Waals surface area (Å²) in [6, 6.07) is 11.2. The molecule has 0 aliphatic carbocycles. The van der Waals surface area contributed by atoms with Gasteiger partial charge in [-0.1, -0.05) is 41.1 Å². The van der Waals surface area contributed by atoms with Gasteiger partial charge in [0.15, 0.2) is 5.15 Å². The number of benzene rings is 1. The van der Waals surface area contributed by atoms with E-state index in [0.717, 1.165) is 11.3 Å². The van der Waals surface area contributed by atoms with E-state index in [4.69, 9.17) is 11.6 Å². The molecule has 3 rings (SSSR count). The summed E-state index contributed by atoms with van der Waals surface area (Å²) >= 11 is 7.23. The van der Waals surface area contributed by atoms with Gasteiger partial charge in [-0.15, -0.1) is 5.10 Å². The van der Waals surface area contributed by atoms with Crippen molar-refractivity contribution >= 4 is 35.0 Å². The average Bonchev–Trinajstić information content (AvgIpc) is 3.05. The highest BCUT2D eigenvalue weighted by atomic mass is 35.5. The first-order chi connectivity index (χ1) is 12.0. The first-order valence-corrected chi connectivity index (χ1v) is 8.74. The number of hydrogen-bond acceptors (Lipinski definition) is 6. The predicted octanol–water partition coefficient (Wildman–Crippen LogP) is 3.14. The number of halogens is 1. The lowest BCUT2D eigenvalue weighted by molar-refractivity contribution is -0.115. The fourth-order valence-corrected chi connectivity index (χ4v) is 3.00. The molecule has 0 fully saturated rings. The molecule has 0 unspecified atom stereocenters. The summed E-state index contributed by atoms with van der Waals surface area (Å²) in [5.74, 6) is -0.210. The number of amides is 1. The van der Waals surface area contributed by atoms with Crippen LogP contribution in [0.1, 0.15) is 12.5 Å². The number of pyridine rings is 1. The molecule has 1 amide bonds. The normalized spacial score (nSPS) is 12.0. The van der Waals surface area contributed by atoms with E-state index >= 15 is 0 Å². The lowest BCUT2D eigenvalue weighted by Gasteiger charge is -2.12. The van der Waals surface area contributed by atoms with E-state index in [9.17, 15) is 4.79 Å². The molecule has 0 radical (unpaired) electrons. The number of carbonyl (C=O) groups excluding carboxylic acids is 1. The minimum atomic E-state index is -0.425. The van der Waals surface area contributed by atoms with Crippen LogP contribution in [-0.4, -0.2) is 36.3 Å². The molecule has 7 nitrogen and oxygen atoms in total. The van der Waals surface area contributed by atoms with Gasteiger partial charge in [0.25, 0.3) is 0 Å². The molecule has 3 aromatic rings. The number of anilines is 1. The van der Waals surface area contributed by atoms with Crippen molar-refractivity contribution in [2.45, 2.75) is 24.3 Å². The Morgan fingerprint density at radius 3 is 2.76 bits per heavy atom. The third-order valence-electron chi connectivity index (χ3n) is 3.39. The lowest BCUT2D eigenvalue weighted by atomic mass is 10.2. The molecule has 2 heterocycles. The van der Waals surface area contributed by atoms with Crippen molar-refractivity contribution in [3.63, 3.8) is 0 Å². The number of aryl methyl sites for hydroxylation is 1. The highest BCUT2D eigenvalue weighted by Gasteiger charge is 2.20. The Balaban J connectivity index is 1.72. The molecule has 1 atom stereocenters. The maximum Gasteiger partial charge on any atom is 0.237 e. The molecule has 9 heteroatoms. The summed E-state index contributed by atoms with van der Waals surface area (Å²) in [5.41, 5.74) is 2.45. The van der Waals surface area contributed by atoms with Gasteiger partial charge >= 0.3 is 0 Å². The van der Waals surface area contributed by atoms with Crippen LogP contribution in [-0.2, 0) is 4.79 Å². The van der Waals surface area contributed by atoms with Gasteiger partial charge in [-0.05, 0) is 48.5 Å². The summed E-state index contributed by atoms with van der Waals surface area (Å²) in [5, 5.41) is 14.8. The van der Waals surface area contributed by atoms with Crippen LogP contribution in [0.3, 0.4) is 0 Å². The number of thioether (sulfide) groups is 1. The topological polar surface area (TPSA) is 85.6 Å². The first kappa shape index (κ1) is 17.4. The highest BCUT2D eigenvalue weighted by Crippen LogP contribution is 2.25. The molecule has 2 aromatic heterocycles. The molecule has 1 N–H and O–H groups in total. The van der Waals surface area contributed by atoms with Gasteiger partial charge in [-0.2, -0.15) is 4.68 Å². The van der Waals surface area contributed by atoms with Gasteiger partial charge in [0.2, 0.25) is 11.1 Å². The van der Waals surface area contributed by atoms with Crippen LogP contribution in [0.5, 0.6) is 0 Å². The van der Waals surface area contributed by atoms with Crippen molar-refractivity contribution in [2.75, 3.05) is 5.32 Å². The highest BCUT2D eigenvalue weighted by molar-refractivity contribution is 8.00. The summed E-state index contributed by atoms with van der Waals surface area (Å²) in [6.07, 6.45) is 1.56. The van der Waals surface area contributed by atoms with E-state index in [0.29, 0.717) is 10.8 Å². The third kappa shape index (κ3) is 4.15. The summed E-state index contributed by atoms with van der Waals surface area (Å²) in [7, 11) is 0. The quantitative estimate of drug-likeness (QED) is 0.545. The second kappa shape index (κ2) is 7.62. The van der Waals surface area contributed by atoms with Crippen molar-refractivity contribution in [2.24, 2.45) is 0 Å². The van der Waals surface area contributed by atoms with Gasteiger partial charge in [0, 0.05) is 6.20 Å². The molecule has 128 valence electrons. The Morgan fingerprint density at radius 2 is 2.04 bits per heavy atom. The number of tetrazole rings is 1. The number of carbonyl (C=O) groups is 1. The Hall–Kier alpha value is -2.45. The van der Waals surface area contributed by atoms with Crippen LogP contribution in [0.25, 0.3) is 5.69 Å². The SMILES string of the molecule is Cc1ccc(-n2nnnc2S[C@H](C)C(=O)Nc2cccnc2Cl)cc1. The van der Waals surface area contributed by atoms with Crippen LogP contribution >= 0.6 is 23.4 Å². The van der Waals surface area contributed by atoms with Gasteiger partial charge < -0.3 is 5.32 Å². The van der Waals surface area contributed by atoms with Crippen molar-refractivity contribution in [1.29, 1.82) is 0 Å². The fourth-order valence-electron chi connectivity index (χ4n) is 2.03. The van der Waals surface area contributed by atoms with Gasteiger partial charge in [-0.3, -0.25) is 4.79 Å². The van der Waals surface area contributed by atoms with Crippen molar-refractivity contribution < 1.29 is 4.79 Å². The van der Waals surface area contributed by atoms with Crippen LogP contribution in [0, 0.1) is 6.92 Å². The fraction of sp³-hybridized carbons (Fsp3) is 0.188. The lowest BCUT2D eigenvalue weighted by Crippen LogP contribution is -2.23. The second-order valence-corrected chi connectivity index (χ2v) is 6.97. The Bertz CT molecular complexity index is 882. The van der Waals surface area contributed by atoms with Crippen molar-refractivity contribution in [1.82, 2.24) is 25.2 Å². The molecule has 0 saturated carbocycles. The van der Waals surface area contributed by atoms with Crippen LogP contribution < -0.4 is 5.32 Å². The molecule has 1 aromatic carbocycles. The first-order valence-electron chi connectivity index (χ1n) is 7.48. The maximum atomic E-state index is 12.4. The summed E-state index contributed by atoms with van der Waals surface area (Å²) in [6.45, 7) is 3.79. The molecule has 0 saturated heterocycles. The average molecular weight is 375 g/mol. The molecule has 0 bridgehead atoms. The Kier molecular flexibility index (Phi) is 5.30. The summed E-state index contributed by atoms with van der Waals surface area (Å²) in [4.78, 5) is 16.3. The number of nitrogens with zero attached hydrogens (tertiary/aromatic N) is 5. The zero-order valence-corrected chi connectivity index (χ0v) is 15.1.